The fourth-order valence-electron chi connectivity index (χ4n) is 1.47. The molecule has 0 aromatic carbocycles. The van der Waals surface area contributed by atoms with Gasteiger partial charge in [-0.2, -0.15) is 0 Å². The predicted molar refractivity (Wildman–Crippen MR) is 63.1 cm³/mol. The van der Waals surface area contributed by atoms with E-state index in [0.29, 0.717) is 6.42 Å². The maximum Gasteiger partial charge on any atom is 0.303 e. The number of hydrogen-bond donors (Lipinski definition) is 2. The molecule has 0 amide bonds. The van der Waals surface area contributed by atoms with Crippen molar-refractivity contribution in [2.75, 3.05) is 6.54 Å². The number of rotatable bonds is 9. The van der Waals surface area contributed by atoms with Crippen molar-refractivity contribution in [1.82, 2.24) is 5.32 Å². The molecule has 90 valence electrons. The van der Waals surface area contributed by atoms with E-state index in [1.807, 2.05) is 0 Å². The lowest BCUT2D eigenvalue weighted by molar-refractivity contribution is -0.137. The standard InChI is InChI=1S/C12H25NO2/c1-4-12(3,5-2)13-10-8-6-7-9-11(14)15/h13H,4-10H2,1-3H3,(H,14,15). The van der Waals surface area contributed by atoms with Gasteiger partial charge in [-0.05, 0) is 39.2 Å². The summed E-state index contributed by atoms with van der Waals surface area (Å²) >= 11 is 0. The van der Waals surface area contributed by atoms with Crippen LogP contribution in [0.4, 0.5) is 0 Å². The second-order valence-electron chi connectivity index (χ2n) is 4.40. The molecule has 0 atom stereocenters. The zero-order chi connectivity index (χ0) is 11.7. The van der Waals surface area contributed by atoms with E-state index in [-0.39, 0.29) is 5.54 Å². The van der Waals surface area contributed by atoms with Gasteiger partial charge in [0.25, 0.3) is 0 Å². The maximum atomic E-state index is 10.3. The average Bonchev–Trinajstić information content (AvgIpc) is 2.22. The Bertz CT molecular complexity index is 176. The minimum absolute atomic E-state index is 0.257. The van der Waals surface area contributed by atoms with Crippen molar-refractivity contribution in [3.05, 3.63) is 0 Å². The van der Waals surface area contributed by atoms with Gasteiger partial charge in [-0.3, -0.25) is 4.79 Å². The lowest BCUT2D eigenvalue weighted by Gasteiger charge is -2.28. The van der Waals surface area contributed by atoms with E-state index in [1.54, 1.807) is 0 Å². The molecule has 0 spiro atoms. The van der Waals surface area contributed by atoms with Crippen LogP contribution < -0.4 is 5.32 Å². The fraction of sp³-hybridized carbons (Fsp3) is 0.917. The zero-order valence-corrected chi connectivity index (χ0v) is 10.3. The summed E-state index contributed by atoms with van der Waals surface area (Å²) in [6.07, 6.45) is 5.45. The molecule has 0 heterocycles. The van der Waals surface area contributed by atoms with Crippen LogP contribution in [0.2, 0.25) is 0 Å². The first-order valence-corrected chi connectivity index (χ1v) is 6.01. The van der Waals surface area contributed by atoms with Crippen molar-refractivity contribution in [3.8, 4) is 0 Å². The van der Waals surface area contributed by atoms with Crippen molar-refractivity contribution < 1.29 is 9.90 Å². The van der Waals surface area contributed by atoms with E-state index in [4.69, 9.17) is 5.11 Å². The Morgan fingerprint density at radius 3 is 2.27 bits per heavy atom. The largest absolute Gasteiger partial charge is 0.481 e. The number of carboxylic acid groups (broad SMARTS) is 1. The van der Waals surface area contributed by atoms with Crippen molar-refractivity contribution >= 4 is 5.97 Å². The highest BCUT2D eigenvalue weighted by molar-refractivity contribution is 5.66. The topological polar surface area (TPSA) is 49.3 Å². The number of unbranched alkanes of at least 4 members (excludes halogenated alkanes) is 2. The van der Waals surface area contributed by atoms with Crippen LogP contribution in [0.5, 0.6) is 0 Å². The van der Waals surface area contributed by atoms with Crippen LogP contribution in [0.15, 0.2) is 0 Å². The Kier molecular flexibility index (Phi) is 7.39. The van der Waals surface area contributed by atoms with E-state index in [2.05, 4.69) is 26.1 Å². The molecular weight excluding hydrogens is 190 g/mol. The van der Waals surface area contributed by atoms with Crippen LogP contribution in [0.3, 0.4) is 0 Å². The van der Waals surface area contributed by atoms with Gasteiger partial charge in [-0.15, -0.1) is 0 Å². The molecule has 0 unspecified atom stereocenters. The van der Waals surface area contributed by atoms with Gasteiger partial charge in [0, 0.05) is 12.0 Å². The first kappa shape index (κ1) is 14.4. The predicted octanol–water partition coefficient (Wildman–Crippen LogP) is 2.80. The summed E-state index contributed by atoms with van der Waals surface area (Å²) in [6, 6.07) is 0. The summed E-state index contributed by atoms with van der Waals surface area (Å²) in [5, 5.41) is 12.0. The number of carbonyl (C=O) groups is 1. The lowest BCUT2D eigenvalue weighted by atomic mass is 9.95. The summed E-state index contributed by atoms with van der Waals surface area (Å²) in [6.45, 7) is 7.63. The Hall–Kier alpha value is -0.570. The lowest BCUT2D eigenvalue weighted by Crippen LogP contribution is -2.41. The zero-order valence-electron chi connectivity index (χ0n) is 10.3. The molecule has 3 heteroatoms. The van der Waals surface area contributed by atoms with Crippen LogP contribution in [0.1, 0.15) is 59.3 Å². The summed E-state index contributed by atoms with van der Waals surface area (Å²) in [5.74, 6) is -0.685. The molecule has 15 heavy (non-hydrogen) atoms. The van der Waals surface area contributed by atoms with Crippen LogP contribution in [0.25, 0.3) is 0 Å². The second-order valence-corrected chi connectivity index (χ2v) is 4.40. The van der Waals surface area contributed by atoms with Gasteiger partial charge in [0.2, 0.25) is 0 Å². The third kappa shape index (κ3) is 7.37. The molecule has 3 nitrogen and oxygen atoms in total. The minimum Gasteiger partial charge on any atom is -0.481 e. The summed E-state index contributed by atoms with van der Waals surface area (Å²) in [4.78, 5) is 10.3. The number of hydrogen-bond acceptors (Lipinski definition) is 2. The van der Waals surface area contributed by atoms with Gasteiger partial charge >= 0.3 is 5.97 Å². The van der Waals surface area contributed by atoms with E-state index in [0.717, 1.165) is 38.6 Å². The highest BCUT2D eigenvalue weighted by Crippen LogP contribution is 2.13. The molecule has 0 aliphatic rings. The number of carboxylic acids is 1. The highest BCUT2D eigenvalue weighted by atomic mass is 16.4. The molecule has 0 aliphatic heterocycles. The molecular formula is C12H25NO2. The van der Waals surface area contributed by atoms with E-state index in [1.165, 1.54) is 0 Å². The monoisotopic (exact) mass is 215 g/mol. The minimum atomic E-state index is -0.685. The first-order valence-electron chi connectivity index (χ1n) is 6.01. The molecule has 0 aromatic heterocycles. The summed E-state index contributed by atoms with van der Waals surface area (Å²) < 4.78 is 0. The Labute approximate surface area is 93.3 Å². The third-order valence-corrected chi connectivity index (χ3v) is 3.18. The van der Waals surface area contributed by atoms with Crippen LogP contribution in [0, 0.1) is 0 Å². The van der Waals surface area contributed by atoms with E-state index < -0.39 is 5.97 Å². The van der Waals surface area contributed by atoms with Crippen molar-refractivity contribution in [3.63, 3.8) is 0 Å². The van der Waals surface area contributed by atoms with E-state index in [9.17, 15) is 4.79 Å². The Morgan fingerprint density at radius 2 is 1.80 bits per heavy atom. The maximum absolute atomic E-state index is 10.3. The fourth-order valence-corrected chi connectivity index (χ4v) is 1.47. The van der Waals surface area contributed by atoms with Gasteiger partial charge in [0.1, 0.15) is 0 Å². The molecule has 0 bridgehead atoms. The number of nitrogens with one attached hydrogen (secondary N) is 1. The molecule has 0 aromatic rings. The van der Waals surface area contributed by atoms with E-state index >= 15 is 0 Å². The normalized spacial score (nSPS) is 11.7. The quantitative estimate of drug-likeness (QED) is 0.581. The average molecular weight is 215 g/mol. The van der Waals surface area contributed by atoms with Crippen LogP contribution >= 0.6 is 0 Å². The molecule has 0 fully saturated rings. The van der Waals surface area contributed by atoms with Gasteiger partial charge in [-0.1, -0.05) is 20.3 Å². The SMILES string of the molecule is CCC(C)(CC)NCCCCCC(=O)O. The molecule has 0 rings (SSSR count). The molecule has 2 N–H and O–H groups in total. The van der Waals surface area contributed by atoms with Crippen molar-refractivity contribution in [1.29, 1.82) is 0 Å². The molecule has 0 radical (unpaired) electrons. The van der Waals surface area contributed by atoms with Crippen LogP contribution in [-0.4, -0.2) is 23.2 Å². The molecule has 0 saturated heterocycles. The van der Waals surface area contributed by atoms with Crippen molar-refractivity contribution in [2.24, 2.45) is 0 Å². The van der Waals surface area contributed by atoms with Gasteiger partial charge in [0.05, 0.1) is 0 Å². The Balaban J connectivity index is 3.41. The van der Waals surface area contributed by atoms with Crippen LogP contribution in [-0.2, 0) is 4.79 Å². The van der Waals surface area contributed by atoms with Gasteiger partial charge in [-0.25, -0.2) is 0 Å². The molecule has 0 aliphatic carbocycles. The second kappa shape index (κ2) is 7.69. The van der Waals surface area contributed by atoms with Crippen molar-refractivity contribution in [2.45, 2.75) is 64.8 Å². The van der Waals surface area contributed by atoms with Gasteiger partial charge in [0.15, 0.2) is 0 Å². The smallest absolute Gasteiger partial charge is 0.303 e. The Morgan fingerprint density at radius 1 is 1.20 bits per heavy atom. The number of aliphatic carboxylic acids is 1. The summed E-state index contributed by atoms with van der Waals surface area (Å²) in [5.41, 5.74) is 0.257. The molecule has 0 saturated carbocycles. The van der Waals surface area contributed by atoms with Gasteiger partial charge < -0.3 is 10.4 Å². The summed E-state index contributed by atoms with van der Waals surface area (Å²) in [7, 11) is 0. The highest BCUT2D eigenvalue weighted by Gasteiger charge is 2.17. The first-order chi connectivity index (χ1) is 7.04. The third-order valence-electron chi connectivity index (χ3n) is 3.18.